The van der Waals surface area contributed by atoms with Crippen LogP contribution in [0.3, 0.4) is 0 Å². The molecule has 0 aliphatic carbocycles. The van der Waals surface area contributed by atoms with Gasteiger partial charge in [-0.05, 0) is 43.0 Å². The standard InChI is InChI=1S/C21H23NO2S/c23-20(25-19-15-22-13-11-16(19)12-14-22)21(24,17-7-3-1-4-8-17)18-9-5-2-6-10-18/h1-10,16,19,24H,11-15H2. The molecule has 3 aliphatic rings. The van der Waals surface area contributed by atoms with E-state index < -0.39 is 5.60 Å². The number of carbonyl (C=O) groups excluding carboxylic acids is 1. The van der Waals surface area contributed by atoms with Crippen LogP contribution in [0.5, 0.6) is 0 Å². The molecule has 1 unspecified atom stereocenters. The second-order valence-electron chi connectivity index (χ2n) is 7.02. The maximum atomic E-state index is 13.3. The first-order chi connectivity index (χ1) is 12.2. The minimum Gasteiger partial charge on any atom is -0.372 e. The van der Waals surface area contributed by atoms with E-state index in [-0.39, 0.29) is 10.4 Å². The Labute approximate surface area is 153 Å². The van der Waals surface area contributed by atoms with Crippen LogP contribution in [0.25, 0.3) is 0 Å². The fourth-order valence-electron chi connectivity index (χ4n) is 4.03. The molecule has 3 saturated heterocycles. The minimum absolute atomic E-state index is 0.163. The number of thioether (sulfide) groups is 1. The van der Waals surface area contributed by atoms with E-state index in [1.54, 1.807) is 0 Å². The average molecular weight is 353 g/mol. The van der Waals surface area contributed by atoms with Crippen molar-refractivity contribution < 1.29 is 9.90 Å². The van der Waals surface area contributed by atoms with Crippen LogP contribution in [0.2, 0.25) is 0 Å². The molecule has 25 heavy (non-hydrogen) atoms. The molecule has 0 radical (unpaired) electrons. The zero-order chi connectivity index (χ0) is 17.3. The summed E-state index contributed by atoms with van der Waals surface area (Å²) in [5.41, 5.74) is -0.320. The van der Waals surface area contributed by atoms with Crippen LogP contribution in [-0.2, 0) is 10.4 Å². The SMILES string of the molecule is O=C(SC1CN2CCC1CC2)C(O)(c1ccccc1)c1ccccc1. The quantitative estimate of drug-likeness (QED) is 0.916. The lowest BCUT2D eigenvalue weighted by Gasteiger charge is -2.44. The lowest BCUT2D eigenvalue weighted by molar-refractivity contribution is -0.125. The van der Waals surface area contributed by atoms with Gasteiger partial charge in [0.1, 0.15) is 0 Å². The van der Waals surface area contributed by atoms with Gasteiger partial charge >= 0.3 is 0 Å². The van der Waals surface area contributed by atoms with Gasteiger partial charge in [0.2, 0.25) is 5.12 Å². The maximum absolute atomic E-state index is 13.3. The smallest absolute Gasteiger partial charge is 0.230 e. The van der Waals surface area contributed by atoms with Crippen molar-refractivity contribution in [1.82, 2.24) is 4.90 Å². The van der Waals surface area contributed by atoms with Gasteiger partial charge in [-0.25, -0.2) is 0 Å². The molecule has 3 aliphatic heterocycles. The van der Waals surface area contributed by atoms with Crippen LogP contribution >= 0.6 is 11.8 Å². The summed E-state index contributed by atoms with van der Waals surface area (Å²) in [6, 6.07) is 18.6. The molecule has 0 spiro atoms. The Morgan fingerprint density at radius 1 is 0.960 bits per heavy atom. The van der Waals surface area contributed by atoms with Gasteiger partial charge in [0.25, 0.3) is 0 Å². The summed E-state index contributed by atoms with van der Waals surface area (Å²) >= 11 is 1.35. The van der Waals surface area contributed by atoms with Crippen molar-refractivity contribution in [1.29, 1.82) is 0 Å². The number of hydrogen-bond donors (Lipinski definition) is 1. The van der Waals surface area contributed by atoms with Crippen LogP contribution in [-0.4, -0.2) is 40.0 Å². The Morgan fingerprint density at radius 3 is 1.92 bits per heavy atom. The van der Waals surface area contributed by atoms with E-state index in [9.17, 15) is 9.90 Å². The van der Waals surface area contributed by atoms with E-state index in [4.69, 9.17) is 0 Å². The molecule has 4 heteroatoms. The summed E-state index contributed by atoms with van der Waals surface area (Å²) in [5, 5.41) is 11.7. The fraction of sp³-hybridized carbons (Fsp3) is 0.381. The van der Waals surface area contributed by atoms with Gasteiger partial charge in [0.15, 0.2) is 5.60 Å². The third-order valence-corrected chi connectivity index (χ3v) is 6.88. The van der Waals surface area contributed by atoms with Crippen molar-refractivity contribution in [3.05, 3.63) is 71.8 Å². The number of piperidine rings is 3. The molecule has 3 fully saturated rings. The molecule has 0 amide bonds. The van der Waals surface area contributed by atoms with E-state index in [0.29, 0.717) is 17.0 Å². The molecular formula is C21H23NO2S. The van der Waals surface area contributed by atoms with Gasteiger partial charge in [0, 0.05) is 11.8 Å². The van der Waals surface area contributed by atoms with Crippen molar-refractivity contribution in [3.63, 3.8) is 0 Å². The first-order valence-electron chi connectivity index (χ1n) is 8.95. The van der Waals surface area contributed by atoms with E-state index in [0.717, 1.165) is 19.6 Å². The van der Waals surface area contributed by atoms with Crippen molar-refractivity contribution in [3.8, 4) is 0 Å². The van der Waals surface area contributed by atoms with Crippen LogP contribution in [0.15, 0.2) is 60.7 Å². The highest BCUT2D eigenvalue weighted by atomic mass is 32.2. The fourth-order valence-corrected chi connectivity index (χ4v) is 5.46. The van der Waals surface area contributed by atoms with Crippen molar-refractivity contribution in [2.75, 3.05) is 19.6 Å². The van der Waals surface area contributed by atoms with Crippen LogP contribution in [0.1, 0.15) is 24.0 Å². The monoisotopic (exact) mass is 353 g/mol. The normalized spacial score (nSPS) is 25.7. The molecule has 2 bridgehead atoms. The van der Waals surface area contributed by atoms with Gasteiger partial charge in [0.05, 0.1) is 0 Å². The second kappa shape index (κ2) is 6.94. The second-order valence-corrected chi connectivity index (χ2v) is 8.24. The molecule has 5 rings (SSSR count). The summed E-state index contributed by atoms with van der Waals surface area (Å²) in [6.45, 7) is 3.26. The molecular weight excluding hydrogens is 330 g/mol. The third kappa shape index (κ3) is 3.14. The van der Waals surface area contributed by atoms with E-state index in [1.807, 2.05) is 60.7 Å². The number of hydrogen-bond acceptors (Lipinski definition) is 4. The molecule has 2 aromatic rings. The molecule has 2 aromatic carbocycles. The Hall–Kier alpha value is -1.62. The van der Waals surface area contributed by atoms with Crippen LogP contribution < -0.4 is 0 Å². The Morgan fingerprint density at radius 2 is 1.48 bits per heavy atom. The van der Waals surface area contributed by atoms with Crippen molar-refractivity contribution in [2.45, 2.75) is 23.7 Å². The number of rotatable bonds is 4. The third-order valence-electron chi connectivity index (χ3n) is 5.53. The number of benzene rings is 2. The summed E-state index contributed by atoms with van der Waals surface area (Å²) in [4.78, 5) is 15.7. The number of nitrogens with zero attached hydrogens (tertiary/aromatic N) is 1. The maximum Gasteiger partial charge on any atom is 0.230 e. The summed E-state index contributed by atoms with van der Waals surface area (Å²) in [7, 11) is 0. The zero-order valence-electron chi connectivity index (χ0n) is 14.2. The molecule has 1 N–H and O–H groups in total. The highest BCUT2D eigenvalue weighted by Gasteiger charge is 2.44. The predicted molar refractivity (Wildman–Crippen MR) is 101 cm³/mol. The summed E-state index contributed by atoms with van der Waals surface area (Å²) < 4.78 is 0. The Kier molecular flexibility index (Phi) is 4.67. The Balaban J connectivity index is 1.65. The van der Waals surface area contributed by atoms with Crippen molar-refractivity contribution >= 4 is 16.9 Å². The van der Waals surface area contributed by atoms with Gasteiger partial charge < -0.3 is 10.0 Å². The number of fused-ring (bicyclic) bond motifs is 3. The van der Waals surface area contributed by atoms with Crippen molar-refractivity contribution in [2.24, 2.45) is 5.92 Å². The number of carbonyl (C=O) groups is 1. The Bertz CT molecular complexity index is 687. The molecule has 0 saturated carbocycles. The van der Waals surface area contributed by atoms with E-state index in [2.05, 4.69) is 4.90 Å². The van der Waals surface area contributed by atoms with Gasteiger partial charge in [-0.1, -0.05) is 72.4 Å². The van der Waals surface area contributed by atoms with Gasteiger partial charge in [-0.3, -0.25) is 4.79 Å². The largest absolute Gasteiger partial charge is 0.372 e. The van der Waals surface area contributed by atoms with Gasteiger partial charge in [-0.15, -0.1) is 0 Å². The zero-order valence-corrected chi connectivity index (χ0v) is 15.0. The van der Waals surface area contributed by atoms with E-state index in [1.165, 1.54) is 24.6 Å². The predicted octanol–water partition coefficient (Wildman–Crippen LogP) is 3.28. The summed E-state index contributed by atoms with van der Waals surface area (Å²) in [6.07, 6.45) is 2.33. The first kappa shape index (κ1) is 16.8. The molecule has 3 heterocycles. The molecule has 3 nitrogen and oxygen atoms in total. The number of aliphatic hydroxyl groups is 1. The summed E-state index contributed by atoms with van der Waals surface area (Å²) in [5.74, 6) is 0.592. The molecule has 1 atom stereocenters. The average Bonchev–Trinajstić information content (AvgIpc) is 2.69. The van der Waals surface area contributed by atoms with Crippen LogP contribution in [0, 0.1) is 5.92 Å². The topological polar surface area (TPSA) is 40.5 Å². The highest BCUT2D eigenvalue weighted by molar-refractivity contribution is 8.14. The van der Waals surface area contributed by atoms with E-state index >= 15 is 0 Å². The molecule has 0 aromatic heterocycles. The lowest BCUT2D eigenvalue weighted by atomic mass is 9.87. The molecule has 130 valence electrons. The lowest BCUT2D eigenvalue weighted by Crippen LogP contribution is -2.50. The first-order valence-corrected chi connectivity index (χ1v) is 9.83. The highest BCUT2D eigenvalue weighted by Crippen LogP contribution is 2.41. The minimum atomic E-state index is -1.60. The van der Waals surface area contributed by atoms with Crippen LogP contribution in [0.4, 0.5) is 0 Å². The van der Waals surface area contributed by atoms with Gasteiger partial charge in [-0.2, -0.15) is 0 Å².